The Hall–Kier alpha value is -1.80. The number of carbonyl (C=O) groups is 1. The van der Waals surface area contributed by atoms with Gasteiger partial charge in [-0.25, -0.2) is 4.98 Å². The molecule has 1 aliphatic heterocycles. The van der Waals surface area contributed by atoms with Gasteiger partial charge in [0.15, 0.2) is 11.7 Å². The molecule has 0 radical (unpaired) electrons. The molecule has 1 aromatic carbocycles. The lowest BCUT2D eigenvalue weighted by atomic mass is 10.1. The number of aryl methyl sites for hydroxylation is 1. The van der Waals surface area contributed by atoms with E-state index in [4.69, 9.17) is 9.15 Å². The largest absolute Gasteiger partial charge is 0.497 e. The molecule has 1 saturated heterocycles. The quantitative estimate of drug-likeness (QED) is 0.635. The average Bonchev–Trinajstić information content (AvgIpc) is 3.27. The third-order valence-corrected chi connectivity index (χ3v) is 4.36. The Labute approximate surface area is 170 Å². The van der Waals surface area contributed by atoms with Crippen LogP contribution in [0.1, 0.15) is 12.3 Å². The van der Waals surface area contributed by atoms with Crippen LogP contribution >= 0.6 is 24.8 Å². The molecule has 7 nitrogen and oxygen atoms in total. The number of hydrogen-bond donors (Lipinski definition) is 3. The molecular formula is C18H25Cl2N3O4. The Morgan fingerprint density at radius 2 is 2.07 bits per heavy atom. The van der Waals surface area contributed by atoms with E-state index in [0.717, 1.165) is 17.9 Å². The van der Waals surface area contributed by atoms with Crippen molar-refractivity contribution in [2.75, 3.05) is 26.7 Å². The van der Waals surface area contributed by atoms with Gasteiger partial charge in [-0.05, 0) is 24.3 Å². The van der Waals surface area contributed by atoms with Crippen molar-refractivity contribution >= 4 is 30.7 Å². The van der Waals surface area contributed by atoms with Gasteiger partial charge in [0, 0.05) is 44.0 Å². The van der Waals surface area contributed by atoms with E-state index in [-0.39, 0.29) is 42.7 Å². The predicted octanol–water partition coefficient (Wildman–Crippen LogP) is 1.82. The van der Waals surface area contributed by atoms with E-state index in [1.54, 1.807) is 13.3 Å². The van der Waals surface area contributed by atoms with Crippen LogP contribution < -0.4 is 15.4 Å². The van der Waals surface area contributed by atoms with Gasteiger partial charge in [0.05, 0.1) is 19.4 Å². The van der Waals surface area contributed by atoms with Gasteiger partial charge < -0.3 is 24.9 Å². The predicted molar refractivity (Wildman–Crippen MR) is 107 cm³/mol. The van der Waals surface area contributed by atoms with Crippen molar-refractivity contribution < 1.29 is 19.1 Å². The van der Waals surface area contributed by atoms with Crippen molar-refractivity contribution in [3.05, 3.63) is 36.4 Å². The topological polar surface area (TPSA) is 96.6 Å². The van der Waals surface area contributed by atoms with E-state index >= 15 is 0 Å². The normalized spacial score (nSPS) is 18.3. The first-order valence-corrected chi connectivity index (χ1v) is 8.40. The Morgan fingerprint density at radius 1 is 1.33 bits per heavy atom. The highest BCUT2D eigenvalue weighted by atomic mass is 35.5. The van der Waals surface area contributed by atoms with Crippen molar-refractivity contribution in [3.63, 3.8) is 0 Å². The molecular weight excluding hydrogens is 393 g/mol. The minimum absolute atomic E-state index is 0. The summed E-state index contributed by atoms with van der Waals surface area (Å²) < 4.78 is 10.8. The number of carbonyl (C=O) groups excluding carboxylic acids is 1. The molecule has 1 aliphatic rings. The standard InChI is InChI=1S/C18H23N3O4.2ClH/c1-24-14-4-2-12(3-5-14)16-11-21-18(25-16)7-6-17(23)20-9-13-8-19-10-15(13)22;;/h2-5,11,13,15,19,22H,6-10H2,1H3,(H,20,23);2*1H. The van der Waals surface area contributed by atoms with Gasteiger partial charge in [-0.2, -0.15) is 0 Å². The summed E-state index contributed by atoms with van der Waals surface area (Å²) >= 11 is 0. The number of rotatable bonds is 7. The van der Waals surface area contributed by atoms with E-state index in [0.29, 0.717) is 37.6 Å². The lowest BCUT2D eigenvalue weighted by Gasteiger charge is -2.13. The second-order valence-corrected chi connectivity index (χ2v) is 6.14. The maximum absolute atomic E-state index is 11.9. The fraction of sp³-hybridized carbons (Fsp3) is 0.444. The molecule has 2 heterocycles. The van der Waals surface area contributed by atoms with Crippen LogP contribution in [0.4, 0.5) is 0 Å². The van der Waals surface area contributed by atoms with Crippen LogP contribution in [0.25, 0.3) is 11.3 Å². The smallest absolute Gasteiger partial charge is 0.220 e. The average molecular weight is 418 g/mol. The molecule has 9 heteroatoms. The molecule has 3 rings (SSSR count). The number of aliphatic hydroxyl groups is 1. The van der Waals surface area contributed by atoms with Gasteiger partial charge >= 0.3 is 0 Å². The fourth-order valence-corrected chi connectivity index (χ4v) is 2.80. The Bertz CT molecular complexity index is 709. The molecule has 0 bridgehead atoms. The van der Waals surface area contributed by atoms with Gasteiger partial charge in [0.25, 0.3) is 0 Å². The van der Waals surface area contributed by atoms with E-state index < -0.39 is 0 Å². The molecule has 2 unspecified atom stereocenters. The third-order valence-electron chi connectivity index (χ3n) is 4.36. The fourth-order valence-electron chi connectivity index (χ4n) is 2.80. The maximum atomic E-state index is 11.9. The van der Waals surface area contributed by atoms with Crippen LogP contribution in [0.15, 0.2) is 34.9 Å². The van der Waals surface area contributed by atoms with Crippen LogP contribution in [-0.4, -0.2) is 48.8 Å². The van der Waals surface area contributed by atoms with Crippen molar-refractivity contribution in [1.82, 2.24) is 15.6 Å². The second kappa shape index (κ2) is 11.1. The zero-order valence-electron chi connectivity index (χ0n) is 15.0. The number of methoxy groups -OCH3 is 1. The van der Waals surface area contributed by atoms with E-state index in [9.17, 15) is 9.90 Å². The third kappa shape index (κ3) is 6.39. The lowest BCUT2D eigenvalue weighted by molar-refractivity contribution is -0.121. The summed E-state index contributed by atoms with van der Waals surface area (Å²) in [6.45, 7) is 1.80. The molecule has 2 aromatic rings. The lowest BCUT2D eigenvalue weighted by Crippen LogP contribution is -2.34. The van der Waals surface area contributed by atoms with Crippen molar-refractivity contribution in [2.24, 2.45) is 5.92 Å². The summed E-state index contributed by atoms with van der Waals surface area (Å²) in [5, 5.41) is 15.7. The highest BCUT2D eigenvalue weighted by molar-refractivity contribution is 5.85. The first-order chi connectivity index (χ1) is 12.2. The number of hydrogen-bond acceptors (Lipinski definition) is 6. The summed E-state index contributed by atoms with van der Waals surface area (Å²) in [7, 11) is 1.62. The first-order valence-electron chi connectivity index (χ1n) is 8.40. The van der Waals surface area contributed by atoms with E-state index in [1.165, 1.54) is 0 Å². The maximum Gasteiger partial charge on any atom is 0.220 e. The molecule has 0 spiro atoms. The van der Waals surface area contributed by atoms with E-state index in [2.05, 4.69) is 15.6 Å². The van der Waals surface area contributed by atoms with Crippen molar-refractivity contribution in [3.8, 4) is 17.1 Å². The number of β-amino-alcohol motifs (C(OH)–C–C–N with tert-alkyl or cyclic N) is 1. The first kappa shape index (κ1) is 23.2. The number of oxazole rings is 1. The molecule has 0 aliphatic carbocycles. The van der Waals surface area contributed by atoms with Crippen molar-refractivity contribution in [2.45, 2.75) is 18.9 Å². The Balaban J connectivity index is 0.00000182. The van der Waals surface area contributed by atoms with Gasteiger partial charge in [-0.3, -0.25) is 4.79 Å². The molecule has 1 aromatic heterocycles. The zero-order valence-corrected chi connectivity index (χ0v) is 16.6. The van der Waals surface area contributed by atoms with Crippen LogP contribution in [0, 0.1) is 5.92 Å². The number of amides is 1. The highest BCUT2D eigenvalue weighted by Crippen LogP contribution is 2.23. The number of ether oxygens (including phenoxy) is 1. The summed E-state index contributed by atoms with van der Waals surface area (Å²) in [6.07, 6.45) is 2.01. The monoisotopic (exact) mass is 417 g/mol. The summed E-state index contributed by atoms with van der Waals surface area (Å²) in [5.41, 5.74) is 0.909. The summed E-state index contributed by atoms with van der Waals surface area (Å²) in [6, 6.07) is 7.52. The van der Waals surface area contributed by atoms with Gasteiger partial charge in [0.1, 0.15) is 5.75 Å². The number of nitrogens with zero attached hydrogens (tertiary/aromatic N) is 1. The number of nitrogens with one attached hydrogen (secondary N) is 2. The van der Waals surface area contributed by atoms with E-state index in [1.807, 2.05) is 24.3 Å². The SMILES string of the molecule is COc1ccc(-c2cnc(CCC(=O)NCC3CNCC3O)o2)cc1.Cl.Cl. The van der Waals surface area contributed by atoms with Crippen LogP contribution in [0.5, 0.6) is 5.75 Å². The number of aliphatic hydroxyl groups excluding tert-OH is 1. The molecule has 3 N–H and O–H groups in total. The summed E-state index contributed by atoms with van der Waals surface area (Å²) in [4.78, 5) is 16.2. The number of halogens is 2. The Kier molecular flexibility index (Phi) is 9.59. The van der Waals surface area contributed by atoms with Gasteiger partial charge in [-0.15, -0.1) is 24.8 Å². The van der Waals surface area contributed by atoms with Gasteiger partial charge in [-0.1, -0.05) is 0 Å². The molecule has 150 valence electrons. The minimum Gasteiger partial charge on any atom is -0.497 e. The molecule has 1 fully saturated rings. The zero-order chi connectivity index (χ0) is 17.6. The molecule has 27 heavy (non-hydrogen) atoms. The number of benzene rings is 1. The highest BCUT2D eigenvalue weighted by Gasteiger charge is 2.24. The number of aromatic nitrogens is 1. The summed E-state index contributed by atoms with van der Waals surface area (Å²) in [5.74, 6) is 1.99. The van der Waals surface area contributed by atoms with Gasteiger partial charge in [0.2, 0.25) is 5.91 Å². The van der Waals surface area contributed by atoms with Crippen LogP contribution in [-0.2, 0) is 11.2 Å². The Morgan fingerprint density at radius 3 is 2.70 bits per heavy atom. The van der Waals surface area contributed by atoms with Crippen LogP contribution in [0.2, 0.25) is 0 Å². The molecule has 2 atom stereocenters. The molecule has 1 amide bonds. The minimum atomic E-state index is -0.390. The van der Waals surface area contributed by atoms with Crippen molar-refractivity contribution in [1.29, 1.82) is 0 Å². The van der Waals surface area contributed by atoms with Crippen LogP contribution in [0.3, 0.4) is 0 Å². The molecule has 0 saturated carbocycles. The second-order valence-electron chi connectivity index (χ2n) is 6.14.